The SMILES string of the molecule is Cc1nonc1Cn1nc(C(C)C)c2c(Br)cncc21. The van der Waals surface area contributed by atoms with Gasteiger partial charge in [-0.1, -0.05) is 24.2 Å². The highest BCUT2D eigenvalue weighted by molar-refractivity contribution is 9.10. The summed E-state index contributed by atoms with van der Waals surface area (Å²) in [7, 11) is 0. The number of pyridine rings is 1. The Morgan fingerprint density at radius 2 is 2.10 bits per heavy atom. The van der Waals surface area contributed by atoms with Gasteiger partial charge in [-0.3, -0.25) is 9.67 Å². The predicted octanol–water partition coefficient (Wildman–Crippen LogP) is 3.06. The molecular weight excluding hydrogens is 322 g/mol. The molecule has 6 nitrogen and oxygen atoms in total. The molecule has 0 aromatic carbocycles. The minimum absolute atomic E-state index is 0.328. The van der Waals surface area contributed by atoms with Crippen molar-refractivity contribution in [3.05, 3.63) is 33.9 Å². The lowest BCUT2D eigenvalue weighted by atomic mass is 10.1. The van der Waals surface area contributed by atoms with Crippen molar-refractivity contribution >= 4 is 26.8 Å². The third-order valence-corrected chi connectivity index (χ3v) is 3.84. The van der Waals surface area contributed by atoms with Gasteiger partial charge in [0, 0.05) is 16.1 Å². The smallest absolute Gasteiger partial charge is 0.129 e. The lowest BCUT2D eigenvalue weighted by Gasteiger charge is -2.00. The molecule has 0 fully saturated rings. The summed E-state index contributed by atoms with van der Waals surface area (Å²) in [5, 5.41) is 13.5. The summed E-state index contributed by atoms with van der Waals surface area (Å²) in [6.45, 7) is 6.65. The molecule has 0 aliphatic carbocycles. The van der Waals surface area contributed by atoms with Crippen molar-refractivity contribution in [3.8, 4) is 0 Å². The molecule has 0 saturated heterocycles. The first kappa shape index (κ1) is 13.2. The normalized spacial score (nSPS) is 11.7. The van der Waals surface area contributed by atoms with Gasteiger partial charge in [0.1, 0.15) is 11.4 Å². The molecule has 3 heterocycles. The van der Waals surface area contributed by atoms with Crippen LogP contribution in [-0.4, -0.2) is 25.1 Å². The molecule has 7 heteroatoms. The van der Waals surface area contributed by atoms with Crippen LogP contribution in [0.25, 0.3) is 10.9 Å². The van der Waals surface area contributed by atoms with Crippen LogP contribution < -0.4 is 0 Å². The Labute approximate surface area is 124 Å². The summed E-state index contributed by atoms with van der Waals surface area (Å²) in [5.41, 5.74) is 3.58. The van der Waals surface area contributed by atoms with Gasteiger partial charge in [0.05, 0.1) is 24.0 Å². The van der Waals surface area contributed by atoms with Crippen molar-refractivity contribution in [1.29, 1.82) is 0 Å². The van der Waals surface area contributed by atoms with Gasteiger partial charge >= 0.3 is 0 Å². The van der Waals surface area contributed by atoms with E-state index in [0.717, 1.165) is 32.5 Å². The topological polar surface area (TPSA) is 69.6 Å². The Bertz CT molecular complexity index is 761. The van der Waals surface area contributed by atoms with Crippen LogP contribution in [0.3, 0.4) is 0 Å². The minimum atomic E-state index is 0.328. The fraction of sp³-hybridized carbons (Fsp3) is 0.385. The van der Waals surface area contributed by atoms with Crippen molar-refractivity contribution < 1.29 is 4.63 Å². The first-order chi connectivity index (χ1) is 9.58. The summed E-state index contributed by atoms with van der Waals surface area (Å²) in [6, 6.07) is 0. The number of rotatable bonds is 3. The fourth-order valence-electron chi connectivity index (χ4n) is 2.17. The van der Waals surface area contributed by atoms with E-state index in [0.29, 0.717) is 12.5 Å². The van der Waals surface area contributed by atoms with Crippen molar-refractivity contribution in [2.24, 2.45) is 0 Å². The zero-order valence-electron chi connectivity index (χ0n) is 11.5. The minimum Gasteiger partial charge on any atom is -0.261 e. The van der Waals surface area contributed by atoms with E-state index in [9.17, 15) is 0 Å². The van der Waals surface area contributed by atoms with Crippen LogP contribution in [0.2, 0.25) is 0 Å². The quantitative estimate of drug-likeness (QED) is 0.735. The van der Waals surface area contributed by atoms with Crippen LogP contribution in [0.4, 0.5) is 0 Å². The summed E-state index contributed by atoms with van der Waals surface area (Å²) in [6.07, 6.45) is 3.62. The van der Waals surface area contributed by atoms with Gasteiger partial charge in [-0.05, 0) is 28.8 Å². The Hall–Kier alpha value is -1.76. The molecule has 0 spiro atoms. The molecule has 0 aliphatic rings. The van der Waals surface area contributed by atoms with Gasteiger partial charge in [-0.2, -0.15) is 5.10 Å². The second kappa shape index (κ2) is 4.97. The van der Waals surface area contributed by atoms with Crippen molar-refractivity contribution in [2.45, 2.75) is 33.2 Å². The van der Waals surface area contributed by atoms with Gasteiger partial charge in [-0.25, -0.2) is 4.63 Å². The first-order valence-corrected chi connectivity index (χ1v) is 7.15. The average molecular weight is 336 g/mol. The van der Waals surface area contributed by atoms with Crippen molar-refractivity contribution in [3.63, 3.8) is 0 Å². The lowest BCUT2D eigenvalue weighted by Crippen LogP contribution is -2.04. The van der Waals surface area contributed by atoms with Crippen LogP contribution in [0.5, 0.6) is 0 Å². The number of fused-ring (bicyclic) bond motifs is 1. The van der Waals surface area contributed by atoms with E-state index in [2.05, 4.69) is 45.1 Å². The molecular formula is C13H14BrN5O. The van der Waals surface area contributed by atoms with Crippen LogP contribution in [0, 0.1) is 6.92 Å². The molecule has 104 valence electrons. The maximum absolute atomic E-state index is 4.74. The third kappa shape index (κ3) is 2.11. The summed E-state index contributed by atoms with van der Waals surface area (Å²) < 4.78 is 7.60. The van der Waals surface area contributed by atoms with Gasteiger partial charge in [0.25, 0.3) is 0 Å². The van der Waals surface area contributed by atoms with Crippen LogP contribution in [0.1, 0.15) is 36.8 Å². The maximum atomic E-state index is 4.74. The second-order valence-corrected chi connectivity index (χ2v) is 5.86. The molecule has 0 atom stereocenters. The molecule has 20 heavy (non-hydrogen) atoms. The Kier molecular flexibility index (Phi) is 3.29. The van der Waals surface area contributed by atoms with Gasteiger partial charge in [0.2, 0.25) is 0 Å². The van der Waals surface area contributed by atoms with Crippen LogP contribution >= 0.6 is 15.9 Å². The predicted molar refractivity (Wildman–Crippen MR) is 77.5 cm³/mol. The summed E-state index contributed by atoms with van der Waals surface area (Å²) >= 11 is 3.56. The Balaban J connectivity index is 2.17. The number of halogens is 1. The van der Waals surface area contributed by atoms with Gasteiger partial charge in [0.15, 0.2) is 0 Å². The molecule has 3 aromatic heterocycles. The third-order valence-electron chi connectivity index (χ3n) is 3.24. The molecule has 3 rings (SSSR count). The molecule has 0 amide bonds. The molecule has 0 radical (unpaired) electrons. The fourth-order valence-corrected chi connectivity index (χ4v) is 2.69. The molecule has 0 bridgehead atoms. The van der Waals surface area contributed by atoms with E-state index < -0.39 is 0 Å². The van der Waals surface area contributed by atoms with E-state index in [1.54, 1.807) is 6.20 Å². The first-order valence-electron chi connectivity index (χ1n) is 6.36. The summed E-state index contributed by atoms with van der Waals surface area (Å²) in [4.78, 5) is 4.23. The largest absolute Gasteiger partial charge is 0.261 e. The van der Waals surface area contributed by atoms with Crippen molar-refractivity contribution in [1.82, 2.24) is 25.1 Å². The molecule has 3 aromatic rings. The Morgan fingerprint density at radius 1 is 1.30 bits per heavy atom. The monoisotopic (exact) mass is 335 g/mol. The van der Waals surface area contributed by atoms with E-state index in [4.69, 9.17) is 9.73 Å². The standard InChI is InChI=1S/C13H14BrN5O/c1-7(2)13-12-9(14)4-15-5-11(12)19(16-13)6-10-8(3)17-20-18-10/h4-5,7H,6H2,1-3H3. The molecule has 0 unspecified atom stereocenters. The molecule has 0 saturated carbocycles. The van der Waals surface area contributed by atoms with E-state index in [1.165, 1.54) is 0 Å². The second-order valence-electron chi connectivity index (χ2n) is 5.01. The number of hydrogen-bond acceptors (Lipinski definition) is 5. The molecule has 0 N–H and O–H groups in total. The number of nitrogens with zero attached hydrogens (tertiary/aromatic N) is 5. The van der Waals surface area contributed by atoms with E-state index >= 15 is 0 Å². The lowest BCUT2D eigenvalue weighted by molar-refractivity contribution is 0.300. The Morgan fingerprint density at radius 3 is 2.75 bits per heavy atom. The highest BCUT2D eigenvalue weighted by Crippen LogP contribution is 2.30. The molecule has 0 aliphatic heterocycles. The van der Waals surface area contributed by atoms with Crippen LogP contribution in [-0.2, 0) is 6.54 Å². The maximum Gasteiger partial charge on any atom is 0.129 e. The summed E-state index contributed by atoms with van der Waals surface area (Å²) in [5.74, 6) is 0.328. The van der Waals surface area contributed by atoms with Crippen molar-refractivity contribution in [2.75, 3.05) is 0 Å². The van der Waals surface area contributed by atoms with E-state index in [1.807, 2.05) is 17.8 Å². The van der Waals surface area contributed by atoms with Gasteiger partial charge < -0.3 is 0 Å². The highest BCUT2D eigenvalue weighted by Gasteiger charge is 2.17. The van der Waals surface area contributed by atoms with Gasteiger partial charge in [-0.15, -0.1) is 0 Å². The average Bonchev–Trinajstić information content (AvgIpc) is 2.96. The van der Waals surface area contributed by atoms with E-state index in [-0.39, 0.29) is 0 Å². The highest BCUT2D eigenvalue weighted by atomic mass is 79.9. The number of aryl methyl sites for hydroxylation is 1. The zero-order valence-corrected chi connectivity index (χ0v) is 13.0. The number of hydrogen-bond donors (Lipinski definition) is 0. The zero-order chi connectivity index (χ0) is 14.3. The van der Waals surface area contributed by atoms with Crippen LogP contribution in [0.15, 0.2) is 21.5 Å². The number of aromatic nitrogens is 5.